The molecule has 0 saturated heterocycles. The molecule has 0 aliphatic heterocycles. The first-order valence-electron chi connectivity index (χ1n) is 6.71. The van der Waals surface area contributed by atoms with Crippen molar-refractivity contribution in [1.29, 1.82) is 0 Å². The number of carbonyl (C=O) groups excluding carboxylic acids is 1. The Hall–Kier alpha value is -1.16. The maximum Gasteiger partial charge on any atom is 0.167 e. The van der Waals surface area contributed by atoms with Gasteiger partial charge in [0.2, 0.25) is 0 Å². The van der Waals surface area contributed by atoms with Crippen LogP contribution in [0.15, 0.2) is 12.3 Å². The Morgan fingerprint density at radius 3 is 2.78 bits per heavy atom. The van der Waals surface area contributed by atoms with E-state index in [1.54, 1.807) is 7.11 Å². The number of methoxy groups -OCH3 is 1. The summed E-state index contributed by atoms with van der Waals surface area (Å²) in [6.45, 7) is 6.30. The molecule has 0 saturated carbocycles. The maximum atomic E-state index is 12.0. The van der Waals surface area contributed by atoms with E-state index < -0.39 is 0 Å². The summed E-state index contributed by atoms with van der Waals surface area (Å²) in [5.74, 6) is 0.119. The molecule has 0 bridgehead atoms. The number of ether oxygens (including phenoxy) is 1. The molecule has 18 heavy (non-hydrogen) atoms. The van der Waals surface area contributed by atoms with Crippen LogP contribution in [0.3, 0.4) is 0 Å². The molecular weight excluding hydrogens is 228 g/mol. The summed E-state index contributed by atoms with van der Waals surface area (Å²) in [5, 5.41) is 4.44. The number of ketones is 1. The van der Waals surface area contributed by atoms with Crippen LogP contribution in [0.2, 0.25) is 0 Å². The Bertz CT molecular complexity index is 374. The van der Waals surface area contributed by atoms with E-state index in [0.717, 1.165) is 25.0 Å². The topological polar surface area (TPSA) is 44.1 Å². The molecule has 4 heteroatoms. The van der Waals surface area contributed by atoms with Crippen molar-refractivity contribution in [3.63, 3.8) is 0 Å². The van der Waals surface area contributed by atoms with Gasteiger partial charge in [-0.3, -0.25) is 9.48 Å². The number of Topliss-reactive ketones (excluding diaryl/α,β-unsaturated/α-hetero) is 1. The van der Waals surface area contributed by atoms with Crippen LogP contribution in [0, 0.1) is 0 Å². The highest BCUT2D eigenvalue weighted by Gasteiger charge is 2.18. The predicted octanol–water partition coefficient (Wildman–Crippen LogP) is 2.78. The van der Waals surface area contributed by atoms with E-state index in [-0.39, 0.29) is 11.9 Å². The second kappa shape index (κ2) is 7.31. The van der Waals surface area contributed by atoms with Gasteiger partial charge in [-0.15, -0.1) is 0 Å². The predicted molar refractivity (Wildman–Crippen MR) is 71.6 cm³/mol. The first-order chi connectivity index (χ1) is 8.62. The minimum Gasteiger partial charge on any atom is -0.374 e. The molecule has 1 rings (SSSR count). The molecule has 0 radical (unpaired) electrons. The van der Waals surface area contributed by atoms with Crippen LogP contribution < -0.4 is 0 Å². The largest absolute Gasteiger partial charge is 0.374 e. The Balaban J connectivity index is 2.61. The molecule has 0 aromatic carbocycles. The lowest BCUT2D eigenvalue weighted by Crippen LogP contribution is -2.24. The maximum absolute atomic E-state index is 12.0. The van der Waals surface area contributed by atoms with Crippen LogP contribution in [0.4, 0.5) is 0 Å². The minimum absolute atomic E-state index is 0.119. The fourth-order valence-electron chi connectivity index (χ4n) is 1.87. The third-order valence-corrected chi connectivity index (χ3v) is 3.26. The number of aromatic nitrogens is 2. The molecule has 0 amide bonds. The van der Waals surface area contributed by atoms with E-state index >= 15 is 0 Å². The standard InChI is InChI=1S/C14H24N2O2/c1-5-7-14(18-4)13(17)10-12-8-9-16(15-12)11(3)6-2/h8-9,11,14H,5-7,10H2,1-4H3. The normalized spacial score (nSPS) is 14.4. The van der Waals surface area contributed by atoms with Crippen molar-refractivity contribution < 1.29 is 9.53 Å². The second-order valence-electron chi connectivity index (χ2n) is 4.70. The van der Waals surface area contributed by atoms with Crippen LogP contribution in [0.25, 0.3) is 0 Å². The van der Waals surface area contributed by atoms with E-state index in [1.807, 2.05) is 16.9 Å². The zero-order chi connectivity index (χ0) is 13.5. The molecule has 0 aliphatic rings. The molecule has 0 N–H and O–H groups in total. The van der Waals surface area contributed by atoms with E-state index in [1.165, 1.54) is 0 Å². The van der Waals surface area contributed by atoms with Crippen molar-refractivity contribution in [3.05, 3.63) is 18.0 Å². The quantitative estimate of drug-likeness (QED) is 0.714. The second-order valence-corrected chi connectivity index (χ2v) is 4.70. The fourth-order valence-corrected chi connectivity index (χ4v) is 1.87. The summed E-state index contributed by atoms with van der Waals surface area (Å²) in [6, 6.07) is 2.30. The zero-order valence-electron chi connectivity index (χ0n) is 11.8. The average molecular weight is 252 g/mol. The van der Waals surface area contributed by atoms with Crippen molar-refractivity contribution in [2.75, 3.05) is 7.11 Å². The van der Waals surface area contributed by atoms with E-state index in [0.29, 0.717) is 12.5 Å². The summed E-state index contributed by atoms with van der Waals surface area (Å²) < 4.78 is 7.14. The van der Waals surface area contributed by atoms with Crippen molar-refractivity contribution >= 4 is 5.78 Å². The van der Waals surface area contributed by atoms with Gasteiger partial charge in [-0.2, -0.15) is 5.10 Å². The highest BCUT2D eigenvalue weighted by Crippen LogP contribution is 2.11. The molecule has 0 fully saturated rings. The minimum atomic E-state index is -0.288. The van der Waals surface area contributed by atoms with Gasteiger partial charge in [-0.25, -0.2) is 0 Å². The van der Waals surface area contributed by atoms with Crippen molar-refractivity contribution in [2.24, 2.45) is 0 Å². The van der Waals surface area contributed by atoms with Crippen LogP contribution in [-0.2, 0) is 16.0 Å². The number of hydrogen-bond acceptors (Lipinski definition) is 3. The Labute approximate surface area is 109 Å². The number of carbonyl (C=O) groups is 1. The summed E-state index contributed by atoms with van der Waals surface area (Å²) in [5.41, 5.74) is 0.832. The van der Waals surface area contributed by atoms with Gasteiger partial charge in [0.25, 0.3) is 0 Å². The molecule has 0 aliphatic carbocycles. The monoisotopic (exact) mass is 252 g/mol. The summed E-state index contributed by atoms with van der Waals surface area (Å²) >= 11 is 0. The Morgan fingerprint density at radius 2 is 2.22 bits per heavy atom. The Morgan fingerprint density at radius 1 is 1.50 bits per heavy atom. The van der Waals surface area contributed by atoms with Gasteiger partial charge in [-0.1, -0.05) is 20.3 Å². The van der Waals surface area contributed by atoms with Crippen molar-refractivity contribution in [3.8, 4) is 0 Å². The highest BCUT2D eigenvalue weighted by molar-refractivity contribution is 5.84. The van der Waals surface area contributed by atoms with Gasteiger partial charge in [0.15, 0.2) is 5.78 Å². The first kappa shape index (κ1) is 14.9. The average Bonchev–Trinajstić information content (AvgIpc) is 2.83. The fraction of sp³-hybridized carbons (Fsp3) is 0.714. The highest BCUT2D eigenvalue weighted by atomic mass is 16.5. The van der Waals surface area contributed by atoms with Gasteiger partial charge >= 0.3 is 0 Å². The zero-order valence-corrected chi connectivity index (χ0v) is 11.8. The molecule has 4 nitrogen and oxygen atoms in total. The first-order valence-corrected chi connectivity index (χ1v) is 6.71. The van der Waals surface area contributed by atoms with E-state index in [9.17, 15) is 4.79 Å². The van der Waals surface area contributed by atoms with Crippen molar-refractivity contribution in [2.45, 2.75) is 58.6 Å². The lowest BCUT2D eigenvalue weighted by Gasteiger charge is -2.12. The van der Waals surface area contributed by atoms with Gasteiger partial charge in [0, 0.05) is 19.3 Å². The lowest BCUT2D eigenvalue weighted by molar-refractivity contribution is -0.128. The summed E-state index contributed by atoms with van der Waals surface area (Å²) in [4.78, 5) is 12.0. The third-order valence-electron chi connectivity index (χ3n) is 3.26. The molecule has 1 heterocycles. The summed E-state index contributed by atoms with van der Waals surface area (Å²) in [7, 11) is 1.59. The van der Waals surface area contributed by atoms with Crippen molar-refractivity contribution in [1.82, 2.24) is 9.78 Å². The van der Waals surface area contributed by atoms with E-state index in [2.05, 4.69) is 25.9 Å². The smallest absolute Gasteiger partial charge is 0.167 e. The van der Waals surface area contributed by atoms with Gasteiger partial charge in [0.05, 0.1) is 12.1 Å². The third kappa shape index (κ3) is 3.95. The van der Waals surface area contributed by atoms with Crippen LogP contribution in [0.5, 0.6) is 0 Å². The summed E-state index contributed by atoms with van der Waals surface area (Å²) in [6.07, 6.45) is 4.78. The lowest BCUT2D eigenvalue weighted by atomic mass is 10.1. The van der Waals surface area contributed by atoms with Crippen LogP contribution >= 0.6 is 0 Å². The SMILES string of the molecule is CCCC(OC)C(=O)Cc1ccn(C(C)CC)n1. The molecule has 102 valence electrons. The van der Waals surface area contributed by atoms with Gasteiger partial charge < -0.3 is 4.74 Å². The molecular formula is C14H24N2O2. The van der Waals surface area contributed by atoms with Crippen LogP contribution in [-0.4, -0.2) is 28.8 Å². The molecule has 2 unspecified atom stereocenters. The van der Waals surface area contributed by atoms with Gasteiger partial charge in [-0.05, 0) is 25.8 Å². The number of rotatable bonds is 8. The molecule has 1 aromatic heterocycles. The van der Waals surface area contributed by atoms with E-state index in [4.69, 9.17) is 4.74 Å². The molecule has 0 spiro atoms. The molecule has 1 aromatic rings. The van der Waals surface area contributed by atoms with Crippen LogP contribution in [0.1, 0.15) is 51.8 Å². The number of hydrogen-bond donors (Lipinski definition) is 0. The Kier molecular flexibility index (Phi) is 6.05. The molecule has 2 atom stereocenters. The number of nitrogens with zero attached hydrogens (tertiary/aromatic N) is 2. The van der Waals surface area contributed by atoms with Gasteiger partial charge in [0.1, 0.15) is 6.10 Å².